The molecule has 0 aromatic heterocycles. The minimum Gasteiger partial charge on any atom is -0.468 e. The second-order valence-corrected chi connectivity index (χ2v) is 10.4. The predicted octanol–water partition coefficient (Wildman–Crippen LogP) is 2.80. The molecule has 0 fully saturated rings. The number of thiocarbonyl (C=S) groups is 1. The van der Waals surface area contributed by atoms with Crippen LogP contribution in [0.2, 0.25) is 19.6 Å². The third-order valence-corrected chi connectivity index (χ3v) is 4.59. The summed E-state index contributed by atoms with van der Waals surface area (Å²) in [5.74, 6) is 0.0557. The van der Waals surface area contributed by atoms with Crippen molar-refractivity contribution >= 4 is 25.3 Å². The van der Waals surface area contributed by atoms with Crippen LogP contribution in [-0.4, -0.2) is 26.0 Å². The molecule has 1 unspecified atom stereocenters. The molecule has 1 aromatic rings. The van der Waals surface area contributed by atoms with Gasteiger partial charge in [-0.15, -0.1) is 0 Å². The molecule has 0 aliphatic rings. The molecule has 1 N–H and O–H groups in total. The van der Waals surface area contributed by atoms with E-state index in [0.717, 1.165) is 5.56 Å². The van der Waals surface area contributed by atoms with E-state index in [9.17, 15) is 0 Å². The Hall–Kier alpha value is -0.713. The smallest absolute Gasteiger partial charge is 0.192 e. The van der Waals surface area contributed by atoms with Gasteiger partial charge in [0.2, 0.25) is 0 Å². The molecule has 0 saturated carbocycles. The van der Waals surface area contributed by atoms with Crippen molar-refractivity contribution < 1.29 is 4.74 Å². The van der Waals surface area contributed by atoms with Crippen LogP contribution in [0, 0.1) is 0 Å². The SMILES string of the molecule is CNC(OC(=S)c1ccccc1)[Si](C)(C)C. The minimum absolute atomic E-state index is 0.0557. The Labute approximate surface area is 104 Å². The predicted molar refractivity (Wildman–Crippen MR) is 75.4 cm³/mol. The Morgan fingerprint density at radius 1 is 1.25 bits per heavy atom. The number of hydrogen-bond acceptors (Lipinski definition) is 3. The van der Waals surface area contributed by atoms with E-state index >= 15 is 0 Å². The first kappa shape index (κ1) is 13.4. The molecular weight excluding hydrogens is 234 g/mol. The first-order chi connectivity index (χ1) is 7.45. The van der Waals surface area contributed by atoms with Crippen LogP contribution < -0.4 is 5.32 Å². The maximum Gasteiger partial charge on any atom is 0.192 e. The van der Waals surface area contributed by atoms with E-state index in [4.69, 9.17) is 17.0 Å². The van der Waals surface area contributed by atoms with Crippen molar-refractivity contribution in [2.75, 3.05) is 7.05 Å². The summed E-state index contributed by atoms with van der Waals surface area (Å²) in [6.07, 6.45) is 0. The number of rotatable bonds is 4. The van der Waals surface area contributed by atoms with E-state index in [0.29, 0.717) is 5.05 Å². The molecule has 0 aliphatic carbocycles. The van der Waals surface area contributed by atoms with Gasteiger partial charge in [0.15, 0.2) is 5.05 Å². The number of benzene rings is 1. The monoisotopic (exact) mass is 253 g/mol. The van der Waals surface area contributed by atoms with Gasteiger partial charge >= 0.3 is 0 Å². The van der Waals surface area contributed by atoms with Crippen LogP contribution >= 0.6 is 12.2 Å². The summed E-state index contributed by atoms with van der Waals surface area (Å²) in [7, 11) is 0.510. The Morgan fingerprint density at radius 3 is 2.25 bits per heavy atom. The molecule has 1 aromatic carbocycles. The van der Waals surface area contributed by atoms with Crippen molar-refractivity contribution in [2.45, 2.75) is 25.5 Å². The third-order valence-electron chi connectivity index (χ3n) is 2.28. The summed E-state index contributed by atoms with van der Waals surface area (Å²) in [5, 5.41) is 3.77. The topological polar surface area (TPSA) is 21.3 Å². The molecular formula is C12H19NOSSi. The normalized spacial score (nSPS) is 13.2. The highest BCUT2D eigenvalue weighted by Crippen LogP contribution is 2.12. The average Bonchev–Trinajstić information content (AvgIpc) is 2.25. The molecule has 0 aliphatic heterocycles. The summed E-state index contributed by atoms with van der Waals surface area (Å²) in [6.45, 7) is 6.76. The van der Waals surface area contributed by atoms with Crippen LogP contribution in [0.4, 0.5) is 0 Å². The van der Waals surface area contributed by atoms with Crippen LogP contribution in [0.15, 0.2) is 30.3 Å². The fraction of sp³-hybridized carbons (Fsp3) is 0.417. The molecule has 4 heteroatoms. The van der Waals surface area contributed by atoms with Crippen LogP contribution in [0.1, 0.15) is 5.56 Å². The van der Waals surface area contributed by atoms with E-state index in [-0.39, 0.29) is 5.85 Å². The summed E-state index contributed by atoms with van der Waals surface area (Å²) in [4.78, 5) is 0. The van der Waals surface area contributed by atoms with E-state index in [1.54, 1.807) is 0 Å². The van der Waals surface area contributed by atoms with Crippen LogP contribution in [0.25, 0.3) is 0 Å². The van der Waals surface area contributed by atoms with Gasteiger partial charge in [-0.1, -0.05) is 50.0 Å². The van der Waals surface area contributed by atoms with Gasteiger partial charge in [0, 0.05) is 5.56 Å². The largest absolute Gasteiger partial charge is 0.468 e. The molecule has 0 saturated heterocycles. The van der Waals surface area contributed by atoms with E-state index < -0.39 is 8.07 Å². The highest BCUT2D eigenvalue weighted by Gasteiger charge is 2.28. The molecule has 0 amide bonds. The Kier molecular flexibility index (Phi) is 4.65. The van der Waals surface area contributed by atoms with Crippen molar-refractivity contribution in [3.8, 4) is 0 Å². The van der Waals surface area contributed by atoms with E-state index in [1.807, 2.05) is 37.4 Å². The van der Waals surface area contributed by atoms with Crippen molar-refractivity contribution in [2.24, 2.45) is 0 Å². The van der Waals surface area contributed by atoms with Crippen LogP contribution in [-0.2, 0) is 4.74 Å². The van der Waals surface area contributed by atoms with Gasteiger partial charge in [-0.3, -0.25) is 5.32 Å². The highest BCUT2D eigenvalue weighted by molar-refractivity contribution is 7.80. The van der Waals surface area contributed by atoms with Crippen LogP contribution in [0.3, 0.4) is 0 Å². The average molecular weight is 253 g/mol. The van der Waals surface area contributed by atoms with E-state index in [2.05, 4.69) is 25.0 Å². The van der Waals surface area contributed by atoms with Gasteiger partial charge < -0.3 is 4.74 Å². The number of nitrogens with one attached hydrogen (secondary N) is 1. The zero-order chi connectivity index (χ0) is 12.2. The van der Waals surface area contributed by atoms with Gasteiger partial charge in [-0.25, -0.2) is 0 Å². The van der Waals surface area contributed by atoms with Crippen molar-refractivity contribution in [3.05, 3.63) is 35.9 Å². The first-order valence-electron chi connectivity index (χ1n) is 5.38. The van der Waals surface area contributed by atoms with Gasteiger partial charge in [0.1, 0.15) is 13.9 Å². The molecule has 0 bridgehead atoms. The van der Waals surface area contributed by atoms with Crippen molar-refractivity contribution in [3.63, 3.8) is 0 Å². The molecule has 1 atom stereocenters. The maximum atomic E-state index is 5.83. The molecule has 0 radical (unpaired) electrons. The molecule has 0 heterocycles. The summed E-state index contributed by atoms with van der Waals surface area (Å²) in [6, 6.07) is 9.85. The molecule has 1 rings (SSSR count). The summed E-state index contributed by atoms with van der Waals surface area (Å²) >= 11 is 5.29. The third kappa shape index (κ3) is 3.70. The quantitative estimate of drug-likeness (QED) is 0.506. The van der Waals surface area contributed by atoms with Crippen LogP contribution in [0.5, 0.6) is 0 Å². The molecule has 0 spiro atoms. The number of hydrogen-bond donors (Lipinski definition) is 1. The highest BCUT2D eigenvalue weighted by atomic mass is 32.1. The Bertz CT molecular complexity index is 348. The molecule has 2 nitrogen and oxygen atoms in total. The van der Waals surface area contributed by atoms with Crippen molar-refractivity contribution in [1.82, 2.24) is 5.32 Å². The second kappa shape index (κ2) is 5.57. The fourth-order valence-corrected chi connectivity index (χ4v) is 3.07. The second-order valence-electron chi connectivity index (χ2n) is 4.81. The van der Waals surface area contributed by atoms with Crippen molar-refractivity contribution in [1.29, 1.82) is 0 Å². The van der Waals surface area contributed by atoms with Gasteiger partial charge in [-0.2, -0.15) is 0 Å². The maximum absolute atomic E-state index is 5.83. The Balaban J connectivity index is 2.71. The minimum atomic E-state index is -1.40. The Morgan fingerprint density at radius 2 is 1.81 bits per heavy atom. The lowest BCUT2D eigenvalue weighted by Crippen LogP contribution is -2.49. The van der Waals surface area contributed by atoms with Gasteiger partial charge in [0.05, 0.1) is 0 Å². The van der Waals surface area contributed by atoms with Gasteiger partial charge in [0.25, 0.3) is 0 Å². The summed E-state index contributed by atoms with van der Waals surface area (Å²) < 4.78 is 5.83. The van der Waals surface area contributed by atoms with Gasteiger partial charge in [-0.05, 0) is 19.3 Å². The summed E-state index contributed by atoms with van der Waals surface area (Å²) in [5.41, 5.74) is 0.969. The number of ether oxygens (including phenoxy) is 1. The fourth-order valence-electron chi connectivity index (χ4n) is 1.42. The molecule has 88 valence electrons. The van der Waals surface area contributed by atoms with E-state index in [1.165, 1.54) is 0 Å². The standard InChI is InChI=1S/C12H19NOSSi/c1-13-12(16(2,3)4)14-11(15)10-8-6-5-7-9-10/h5-9,12-13H,1-4H3. The molecule has 16 heavy (non-hydrogen) atoms. The lowest BCUT2D eigenvalue weighted by molar-refractivity contribution is 0.236. The lowest BCUT2D eigenvalue weighted by Gasteiger charge is -2.29. The zero-order valence-corrected chi connectivity index (χ0v) is 12.1. The lowest BCUT2D eigenvalue weighted by atomic mass is 10.2. The zero-order valence-electron chi connectivity index (χ0n) is 10.3. The first-order valence-corrected chi connectivity index (χ1v) is 9.37.